The van der Waals surface area contributed by atoms with Gasteiger partial charge in [-0.25, -0.2) is 9.13 Å². The lowest BCUT2D eigenvalue weighted by molar-refractivity contribution is -0.161. The Hall–Kier alpha value is -1.94. The Morgan fingerprint density at radius 1 is 0.295 bits per heavy atom. The number of aliphatic hydroxyl groups is 1. The molecule has 0 saturated heterocycles. The molecule has 19 heteroatoms. The fraction of sp³-hybridized carbons (Fsp3) is 0.947. The van der Waals surface area contributed by atoms with Crippen molar-refractivity contribution in [2.24, 2.45) is 5.92 Å². The molecule has 0 aliphatic heterocycles. The highest BCUT2D eigenvalue weighted by Gasteiger charge is 2.30. The smallest absolute Gasteiger partial charge is 0.462 e. The van der Waals surface area contributed by atoms with Gasteiger partial charge in [0.05, 0.1) is 26.4 Å². The number of unbranched alkanes of at least 4 members (excludes halogenated alkanes) is 47. The van der Waals surface area contributed by atoms with Gasteiger partial charge >= 0.3 is 39.5 Å². The van der Waals surface area contributed by atoms with Gasteiger partial charge in [-0.3, -0.25) is 37.3 Å². The van der Waals surface area contributed by atoms with Crippen molar-refractivity contribution in [1.82, 2.24) is 0 Å². The Kier molecular flexibility index (Phi) is 67.7. The highest BCUT2D eigenvalue weighted by molar-refractivity contribution is 7.47. The molecule has 3 N–H and O–H groups in total. The summed E-state index contributed by atoms with van der Waals surface area (Å²) in [7, 11) is -9.90. The summed E-state index contributed by atoms with van der Waals surface area (Å²) in [5, 5.41) is 10.6. The zero-order valence-corrected chi connectivity index (χ0v) is 63.6. The summed E-state index contributed by atoms with van der Waals surface area (Å²) in [6.07, 6.45) is 58.2. The van der Waals surface area contributed by atoms with Crippen molar-refractivity contribution in [3.05, 3.63) is 0 Å². The standard InChI is InChI=1S/C76H148O17P2/c1-6-10-13-16-19-22-24-25-33-36-41-45-50-55-60-74(79)87-66-72(93-76(81)62-57-52-47-42-37-34-31-29-27-26-28-30-32-35-39-43-48-53-58-69(5)9-4)68-91-95(84,85)89-64-70(77)63-88-94(82,83)90-67-71(65-86-73(78)59-54-49-44-38-21-18-15-12-8-3)92-75(80)61-56-51-46-40-23-20-17-14-11-7-2/h69-72,77H,6-68H2,1-5H3,(H,82,83)(H,84,85)/t69?,70-,71+,72+/m0/s1. The van der Waals surface area contributed by atoms with Gasteiger partial charge in [-0.2, -0.15) is 0 Å². The van der Waals surface area contributed by atoms with Crippen molar-refractivity contribution in [3.8, 4) is 0 Å². The molecule has 0 heterocycles. The van der Waals surface area contributed by atoms with Gasteiger partial charge in [0.15, 0.2) is 12.2 Å². The first-order valence-electron chi connectivity index (χ1n) is 39.7. The van der Waals surface area contributed by atoms with Crippen LogP contribution in [0, 0.1) is 5.92 Å². The van der Waals surface area contributed by atoms with Gasteiger partial charge in [-0.1, -0.05) is 349 Å². The molecule has 0 amide bonds. The van der Waals surface area contributed by atoms with Gasteiger partial charge in [-0.15, -0.1) is 0 Å². The highest BCUT2D eigenvalue weighted by Crippen LogP contribution is 2.45. The van der Waals surface area contributed by atoms with Crippen LogP contribution in [-0.2, 0) is 65.4 Å². The highest BCUT2D eigenvalue weighted by atomic mass is 31.2. The molecule has 0 aromatic rings. The molecular formula is C76H148O17P2. The lowest BCUT2D eigenvalue weighted by atomic mass is 9.99. The van der Waals surface area contributed by atoms with Crippen molar-refractivity contribution in [2.75, 3.05) is 39.6 Å². The summed E-state index contributed by atoms with van der Waals surface area (Å²) in [6, 6.07) is 0. The average Bonchev–Trinajstić information content (AvgIpc) is 1.59. The van der Waals surface area contributed by atoms with E-state index >= 15 is 0 Å². The van der Waals surface area contributed by atoms with Crippen LogP contribution in [0.2, 0.25) is 0 Å². The predicted molar refractivity (Wildman–Crippen MR) is 386 cm³/mol. The monoisotopic (exact) mass is 1400 g/mol. The summed E-state index contributed by atoms with van der Waals surface area (Å²) in [5.41, 5.74) is 0. The van der Waals surface area contributed by atoms with Crippen molar-refractivity contribution in [1.29, 1.82) is 0 Å². The second-order valence-corrected chi connectivity index (χ2v) is 30.5. The van der Waals surface area contributed by atoms with Crippen LogP contribution in [0.5, 0.6) is 0 Å². The first-order chi connectivity index (χ1) is 46.1. The number of aliphatic hydroxyl groups excluding tert-OH is 1. The van der Waals surface area contributed by atoms with E-state index in [1.807, 2.05) is 0 Å². The van der Waals surface area contributed by atoms with E-state index in [9.17, 15) is 43.2 Å². The molecule has 0 aliphatic carbocycles. The Morgan fingerprint density at radius 3 is 0.747 bits per heavy atom. The van der Waals surface area contributed by atoms with Crippen LogP contribution >= 0.6 is 15.6 Å². The first-order valence-corrected chi connectivity index (χ1v) is 42.7. The third-order valence-corrected chi connectivity index (χ3v) is 20.0. The van der Waals surface area contributed by atoms with Crippen LogP contribution < -0.4 is 0 Å². The molecule has 0 aromatic carbocycles. The number of phosphoric acid groups is 2. The predicted octanol–water partition coefficient (Wildman–Crippen LogP) is 22.5. The molecule has 0 bridgehead atoms. The van der Waals surface area contributed by atoms with E-state index in [0.29, 0.717) is 25.7 Å². The number of esters is 4. The molecule has 0 saturated carbocycles. The van der Waals surface area contributed by atoms with Crippen LogP contribution in [0.3, 0.4) is 0 Å². The summed E-state index contributed by atoms with van der Waals surface area (Å²) in [6.45, 7) is 7.33. The van der Waals surface area contributed by atoms with Crippen LogP contribution in [0.15, 0.2) is 0 Å². The number of hydrogen-bond donors (Lipinski definition) is 3. The van der Waals surface area contributed by atoms with E-state index in [4.69, 9.17) is 37.0 Å². The van der Waals surface area contributed by atoms with E-state index in [0.717, 1.165) is 95.8 Å². The Balaban J connectivity index is 5.16. The summed E-state index contributed by atoms with van der Waals surface area (Å²) >= 11 is 0. The topological polar surface area (TPSA) is 237 Å². The van der Waals surface area contributed by atoms with Crippen molar-refractivity contribution in [2.45, 2.75) is 419 Å². The second-order valence-electron chi connectivity index (χ2n) is 27.6. The molecular weight excluding hydrogens is 1250 g/mol. The van der Waals surface area contributed by atoms with E-state index in [1.165, 1.54) is 225 Å². The number of carbonyl (C=O) groups is 4. The molecule has 564 valence electrons. The number of hydrogen-bond acceptors (Lipinski definition) is 15. The molecule has 0 radical (unpaired) electrons. The SMILES string of the molecule is CCCCCCCCCCCCCCCCC(=O)OC[C@H](COP(=O)(O)OC[C@@H](O)COP(=O)(O)OC[C@@H](COC(=O)CCCCCCCCCCC)OC(=O)CCCCCCCCCCCC)OC(=O)CCCCCCCCCCCCCCCCCCCCC(C)CC. The van der Waals surface area contributed by atoms with E-state index in [1.54, 1.807) is 0 Å². The number of carbonyl (C=O) groups excluding carboxylic acids is 4. The molecule has 17 nitrogen and oxygen atoms in total. The van der Waals surface area contributed by atoms with Gasteiger partial charge < -0.3 is 33.8 Å². The molecule has 0 aromatic heterocycles. The molecule has 6 atom stereocenters. The largest absolute Gasteiger partial charge is 0.472 e. The third-order valence-electron chi connectivity index (χ3n) is 18.1. The van der Waals surface area contributed by atoms with Crippen LogP contribution in [0.4, 0.5) is 0 Å². The summed E-state index contributed by atoms with van der Waals surface area (Å²) in [4.78, 5) is 72.7. The van der Waals surface area contributed by atoms with E-state index in [2.05, 4.69) is 34.6 Å². The maximum Gasteiger partial charge on any atom is 0.472 e. The quantitative estimate of drug-likeness (QED) is 0.0222. The maximum absolute atomic E-state index is 13.1. The Labute approximate surface area is 581 Å². The minimum Gasteiger partial charge on any atom is -0.462 e. The van der Waals surface area contributed by atoms with Gasteiger partial charge in [0.2, 0.25) is 0 Å². The fourth-order valence-corrected chi connectivity index (χ4v) is 13.3. The fourth-order valence-electron chi connectivity index (χ4n) is 11.7. The number of rotatable bonds is 76. The lowest BCUT2D eigenvalue weighted by Crippen LogP contribution is -2.30. The summed E-state index contributed by atoms with van der Waals surface area (Å²) < 4.78 is 68.4. The zero-order chi connectivity index (χ0) is 69.8. The Morgan fingerprint density at radius 2 is 0.505 bits per heavy atom. The normalized spacial score (nSPS) is 14.2. The van der Waals surface area contributed by atoms with Gasteiger partial charge in [-0.05, 0) is 31.6 Å². The molecule has 0 spiro atoms. The van der Waals surface area contributed by atoms with Gasteiger partial charge in [0.25, 0.3) is 0 Å². The molecule has 0 aliphatic rings. The van der Waals surface area contributed by atoms with Crippen molar-refractivity contribution >= 4 is 39.5 Å². The third kappa shape index (κ3) is 69.0. The second kappa shape index (κ2) is 69.2. The zero-order valence-electron chi connectivity index (χ0n) is 61.8. The molecule has 95 heavy (non-hydrogen) atoms. The molecule has 0 rings (SSSR count). The molecule has 0 fully saturated rings. The minimum absolute atomic E-state index is 0.107. The number of phosphoric ester groups is 2. The van der Waals surface area contributed by atoms with Crippen LogP contribution in [0.1, 0.15) is 401 Å². The van der Waals surface area contributed by atoms with Gasteiger partial charge in [0.1, 0.15) is 19.3 Å². The van der Waals surface area contributed by atoms with Gasteiger partial charge in [0, 0.05) is 25.7 Å². The number of ether oxygens (including phenoxy) is 4. The maximum atomic E-state index is 13.1. The average molecular weight is 1400 g/mol. The van der Waals surface area contributed by atoms with E-state index < -0.39 is 97.5 Å². The van der Waals surface area contributed by atoms with Crippen LogP contribution in [-0.4, -0.2) is 96.7 Å². The van der Waals surface area contributed by atoms with Crippen molar-refractivity contribution in [3.63, 3.8) is 0 Å². The minimum atomic E-state index is -4.96. The van der Waals surface area contributed by atoms with Crippen molar-refractivity contribution < 1.29 is 80.2 Å². The van der Waals surface area contributed by atoms with Crippen LogP contribution in [0.25, 0.3) is 0 Å². The molecule has 3 unspecified atom stereocenters. The summed E-state index contributed by atoms with van der Waals surface area (Å²) in [5.74, 6) is -1.24. The Bertz CT molecular complexity index is 1820. The van der Waals surface area contributed by atoms with E-state index in [-0.39, 0.29) is 25.7 Å². The first kappa shape index (κ1) is 93.1. The lowest BCUT2D eigenvalue weighted by Gasteiger charge is -2.21.